The quantitative estimate of drug-likeness (QED) is 0.373. The van der Waals surface area contributed by atoms with Crippen LogP contribution in [0.3, 0.4) is 0 Å². The van der Waals surface area contributed by atoms with Crippen LogP contribution < -0.4 is 5.32 Å². The van der Waals surface area contributed by atoms with Crippen molar-refractivity contribution in [1.29, 1.82) is 0 Å². The first-order valence-electron chi connectivity index (χ1n) is 11.3. The summed E-state index contributed by atoms with van der Waals surface area (Å²) in [5.41, 5.74) is 1.05. The van der Waals surface area contributed by atoms with Crippen LogP contribution in [-0.2, 0) is 21.9 Å². The molecule has 34 heavy (non-hydrogen) atoms. The van der Waals surface area contributed by atoms with E-state index in [1.54, 1.807) is 37.3 Å². The highest BCUT2D eigenvalue weighted by Gasteiger charge is 2.28. The zero-order valence-electron chi connectivity index (χ0n) is 19.0. The van der Waals surface area contributed by atoms with Gasteiger partial charge in [0.1, 0.15) is 11.9 Å². The van der Waals surface area contributed by atoms with E-state index in [4.69, 9.17) is 34.8 Å². The fourth-order valence-corrected chi connectivity index (χ4v) is 5.70. The van der Waals surface area contributed by atoms with Gasteiger partial charge in [0.05, 0.1) is 5.75 Å². The van der Waals surface area contributed by atoms with Crippen molar-refractivity contribution in [3.05, 3.63) is 68.4 Å². The fraction of sp³-hybridized carbons (Fsp3) is 0.440. The van der Waals surface area contributed by atoms with E-state index in [1.165, 1.54) is 29.1 Å². The monoisotopic (exact) mass is 544 g/mol. The van der Waals surface area contributed by atoms with E-state index >= 15 is 0 Å². The molecule has 2 amide bonds. The first kappa shape index (κ1) is 27.1. The summed E-state index contributed by atoms with van der Waals surface area (Å²) in [4.78, 5) is 27.8. The first-order chi connectivity index (χ1) is 16.3. The van der Waals surface area contributed by atoms with Gasteiger partial charge in [-0.1, -0.05) is 66.2 Å². The minimum Gasteiger partial charge on any atom is -0.352 e. The highest BCUT2D eigenvalue weighted by Crippen LogP contribution is 2.26. The molecule has 2 aromatic rings. The molecule has 0 aromatic heterocycles. The average molecular weight is 546 g/mol. The number of carbonyl (C=O) groups excluding carboxylic acids is 2. The van der Waals surface area contributed by atoms with Crippen LogP contribution in [0.2, 0.25) is 15.1 Å². The molecule has 0 saturated heterocycles. The van der Waals surface area contributed by atoms with Crippen molar-refractivity contribution in [3.8, 4) is 0 Å². The summed E-state index contributed by atoms with van der Waals surface area (Å²) in [7, 11) is 0. The fourth-order valence-electron chi connectivity index (χ4n) is 3.98. The standard InChI is InChI=1S/C25H28Cl3FN2O2S/c1-16(25(33)30-19-6-3-2-4-7-19)31(13-17-10-11-18(26)12-22(17)28)24(32)15-34-14-20-21(27)8-5-9-23(20)29/h5,8-12,16,19H,2-4,6-7,13-15H2,1H3,(H,30,33)/t16-/m0/s1. The highest BCUT2D eigenvalue weighted by molar-refractivity contribution is 7.99. The Balaban J connectivity index is 1.71. The molecule has 0 unspecified atom stereocenters. The normalized spacial score (nSPS) is 15.1. The summed E-state index contributed by atoms with van der Waals surface area (Å²) in [6, 6.07) is 9.02. The van der Waals surface area contributed by atoms with Gasteiger partial charge in [-0.05, 0) is 49.6 Å². The molecule has 1 fully saturated rings. The van der Waals surface area contributed by atoms with Crippen LogP contribution >= 0.6 is 46.6 Å². The zero-order valence-corrected chi connectivity index (χ0v) is 22.0. The predicted octanol–water partition coefficient (Wildman–Crippen LogP) is 6.89. The Labute approximate surface area is 219 Å². The van der Waals surface area contributed by atoms with Gasteiger partial charge in [0.25, 0.3) is 0 Å². The summed E-state index contributed by atoms with van der Waals surface area (Å²) < 4.78 is 14.1. The molecule has 2 aromatic carbocycles. The van der Waals surface area contributed by atoms with Gasteiger partial charge in [-0.3, -0.25) is 9.59 Å². The number of nitrogens with one attached hydrogen (secondary N) is 1. The largest absolute Gasteiger partial charge is 0.352 e. The van der Waals surface area contributed by atoms with Crippen LogP contribution in [-0.4, -0.2) is 34.6 Å². The molecule has 0 radical (unpaired) electrons. The van der Waals surface area contributed by atoms with Gasteiger partial charge in [0.15, 0.2) is 0 Å². The van der Waals surface area contributed by atoms with Crippen molar-refractivity contribution >= 4 is 58.4 Å². The van der Waals surface area contributed by atoms with Crippen LogP contribution in [0.25, 0.3) is 0 Å². The summed E-state index contributed by atoms with van der Waals surface area (Å²) in [6.07, 6.45) is 5.28. The number of amides is 2. The van der Waals surface area contributed by atoms with Crippen LogP contribution in [0, 0.1) is 5.82 Å². The predicted molar refractivity (Wildman–Crippen MR) is 139 cm³/mol. The number of carbonyl (C=O) groups is 2. The van der Waals surface area contributed by atoms with Gasteiger partial charge in [0.2, 0.25) is 11.8 Å². The molecule has 3 rings (SSSR count). The first-order valence-corrected chi connectivity index (χ1v) is 13.6. The molecular formula is C25H28Cl3FN2O2S. The van der Waals surface area contributed by atoms with Crippen LogP contribution in [0.5, 0.6) is 0 Å². The van der Waals surface area contributed by atoms with Crippen LogP contribution in [0.15, 0.2) is 36.4 Å². The third-order valence-electron chi connectivity index (χ3n) is 6.01. The number of rotatable bonds is 9. The molecule has 1 aliphatic rings. The van der Waals surface area contributed by atoms with Gasteiger partial charge in [-0.2, -0.15) is 0 Å². The lowest BCUT2D eigenvalue weighted by Crippen LogP contribution is -2.50. The van der Waals surface area contributed by atoms with Gasteiger partial charge >= 0.3 is 0 Å². The lowest BCUT2D eigenvalue weighted by Gasteiger charge is -2.31. The number of halogens is 4. The molecule has 9 heteroatoms. The summed E-state index contributed by atoms with van der Waals surface area (Å²) >= 11 is 19.7. The van der Waals surface area contributed by atoms with Crippen molar-refractivity contribution in [1.82, 2.24) is 10.2 Å². The molecule has 0 spiro atoms. The molecule has 1 aliphatic carbocycles. The molecular weight excluding hydrogens is 518 g/mol. The summed E-state index contributed by atoms with van der Waals surface area (Å²) in [5, 5.41) is 4.34. The second-order valence-electron chi connectivity index (χ2n) is 8.47. The zero-order chi connectivity index (χ0) is 24.7. The lowest BCUT2D eigenvalue weighted by atomic mass is 9.95. The highest BCUT2D eigenvalue weighted by atomic mass is 35.5. The summed E-state index contributed by atoms with van der Waals surface area (Å²) in [5.74, 6) is -0.522. The molecule has 1 saturated carbocycles. The molecule has 1 atom stereocenters. The Morgan fingerprint density at radius 3 is 2.53 bits per heavy atom. The maximum absolute atomic E-state index is 14.1. The molecule has 184 valence electrons. The Morgan fingerprint density at radius 2 is 1.85 bits per heavy atom. The topological polar surface area (TPSA) is 49.4 Å². The maximum Gasteiger partial charge on any atom is 0.242 e. The minimum atomic E-state index is -0.696. The van der Waals surface area contributed by atoms with E-state index in [0.717, 1.165) is 25.7 Å². The van der Waals surface area contributed by atoms with Gasteiger partial charge < -0.3 is 10.2 Å². The number of benzene rings is 2. The van der Waals surface area contributed by atoms with Crippen molar-refractivity contribution in [2.24, 2.45) is 0 Å². The molecule has 4 nitrogen and oxygen atoms in total. The molecule has 0 bridgehead atoms. The lowest BCUT2D eigenvalue weighted by molar-refractivity contribution is -0.139. The van der Waals surface area contributed by atoms with E-state index in [-0.39, 0.29) is 35.9 Å². The minimum absolute atomic E-state index is 0.0664. The second kappa shape index (κ2) is 13.0. The smallest absolute Gasteiger partial charge is 0.242 e. The third kappa shape index (κ3) is 7.51. The van der Waals surface area contributed by atoms with Crippen LogP contribution in [0.1, 0.15) is 50.2 Å². The number of nitrogens with zero attached hydrogens (tertiary/aromatic N) is 1. The number of thioether (sulfide) groups is 1. The average Bonchev–Trinajstić information content (AvgIpc) is 2.80. The van der Waals surface area contributed by atoms with Gasteiger partial charge in [0, 0.05) is 39.0 Å². The van der Waals surface area contributed by atoms with Crippen molar-refractivity contribution < 1.29 is 14.0 Å². The summed E-state index contributed by atoms with van der Waals surface area (Å²) in [6.45, 7) is 1.88. The molecule has 1 N–H and O–H groups in total. The number of hydrogen-bond acceptors (Lipinski definition) is 3. The van der Waals surface area contributed by atoms with Gasteiger partial charge in [-0.15, -0.1) is 11.8 Å². The van der Waals surface area contributed by atoms with E-state index in [2.05, 4.69) is 5.32 Å². The van der Waals surface area contributed by atoms with Gasteiger partial charge in [-0.25, -0.2) is 4.39 Å². The van der Waals surface area contributed by atoms with E-state index in [1.807, 2.05) is 0 Å². The Morgan fingerprint density at radius 1 is 1.12 bits per heavy atom. The third-order valence-corrected chi connectivity index (χ3v) is 7.89. The maximum atomic E-state index is 14.1. The van der Waals surface area contributed by atoms with E-state index in [9.17, 15) is 14.0 Å². The molecule has 0 heterocycles. The van der Waals surface area contributed by atoms with Crippen molar-refractivity contribution in [2.45, 2.75) is 63.4 Å². The Bertz CT molecular complexity index is 997. The van der Waals surface area contributed by atoms with Crippen LogP contribution in [0.4, 0.5) is 4.39 Å². The van der Waals surface area contributed by atoms with E-state index in [0.29, 0.717) is 26.2 Å². The Kier molecular flexibility index (Phi) is 10.4. The number of hydrogen-bond donors (Lipinski definition) is 1. The van der Waals surface area contributed by atoms with E-state index < -0.39 is 11.9 Å². The Hall–Kier alpha value is -1.47. The SMILES string of the molecule is C[C@@H](C(=O)NC1CCCCC1)N(Cc1ccc(Cl)cc1Cl)C(=O)CSCc1c(F)cccc1Cl. The second-order valence-corrected chi connectivity index (χ2v) is 10.7. The van der Waals surface area contributed by atoms with Crippen molar-refractivity contribution in [3.63, 3.8) is 0 Å². The van der Waals surface area contributed by atoms with Crippen molar-refractivity contribution in [2.75, 3.05) is 5.75 Å². The molecule has 0 aliphatic heterocycles.